The van der Waals surface area contributed by atoms with Crippen LogP contribution in [-0.2, 0) is 0 Å². The summed E-state index contributed by atoms with van der Waals surface area (Å²) >= 11 is 0. The number of hydrogen-bond donors (Lipinski definition) is 1. The van der Waals surface area contributed by atoms with Crippen LogP contribution in [0.5, 0.6) is 0 Å². The molecule has 2 unspecified atom stereocenters. The van der Waals surface area contributed by atoms with E-state index in [4.69, 9.17) is 0 Å². The third kappa shape index (κ3) is 7.24. The van der Waals surface area contributed by atoms with Gasteiger partial charge in [0.2, 0.25) is 0 Å². The molecule has 0 spiro atoms. The highest BCUT2D eigenvalue weighted by Crippen LogP contribution is 2.08. The quantitative estimate of drug-likeness (QED) is 0.617. The molecule has 0 aromatic carbocycles. The lowest BCUT2D eigenvalue weighted by molar-refractivity contribution is 0.195. The number of rotatable bonds is 10. The third-order valence-electron chi connectivity index (χ3n) is 3.27. The fraction of sp³-hybridized carbons (Fsp3) is 1.00. The Balaban J connectivity index is 3.84. The first-order valence-corrected chi connectivity index (χ1v) is 7.13. The summed E-state index contributed by atoms with van der Waals surface area (Å²) in [6.45, 7) is 15.0. The average molecular weight is 228 g/mol. The van der Waals surface area contributed by atoms with E-state index in [1.165, 1.54) is 38.8 Å². The lowest BCUT2D eigenvalue weighted by Gasteiger charge is -2.30. The first-order chi connectivity index (χ1) is 7.65. The molecule has 2 atom stereocenters. The van der Waals surface area contributed by atoms with Crippen molar-refractivity contribution in [2.75, 3.05) is 19.6 Å². The molecule has 0 aromatic heterocycles. The fourth-order valence-corrected chi connectivity index (χ4v) is 2.19. The van der Waals surface area contributed by atoms with E-state index in [0.29, 0.717) is 12.1 Å². The van der Waals surface area contributed by atoms with E-state index >= 15 is 0 Å². The molecule has 0 aliphatic rings. The summed E-state index contributed by atoms with van der Waals surface area (Å²) in [5, 5.41) is 3.57. The molecule has 0 bridgehead atoms. The van der Waals surface area contributed by atoms with Gasteiger partial charge in [-0.05, 0) is 52.7 Å². The Morgan fingerprint density at radius 1 is 1.06 bits per heavy atom. The topological polar surface area (TPSA) is 15.3 Å². The Kier molecular flexibility index (Phi) is 10.0. The van der Waals surface area contributed by atoms with Crippen molar-refractivity contribution in [1.82, 2.24) is 10.2 Å². The van der Waals surface area contributed by atoms with E-state index in [1.807, 2.05) is 0 Å². The zero-order chi connectivity index (χ0) is 12.4. The number of nitrogens with one attached hydrogen (secondary N) is 1. The molecule has 2 heteroatoms. The highest BCUT2D eigenvalue weighted by Gasteiger charge is 2.14. The second-order valence-corrected chi connectivity index (χ2v) is 4.92. The molecule has 0 fully saturated rings. The second-order valence-electron chi connectivity index (χ2n) is 4.92. The van der Waals surface area contributed by atoms with Crippen molar-refractivity contribution < 1.29 is 0 Å². The molecule has 16 heavy (non-hydrogen) atoms. The molecule has 0 aliphatic heterocycles. The van der Waals surface area contributed by atoms with Gasteiger partial charge in [0.1, 0.15) is 0 Å². The average Bonchev–Trinajstić information content (AvgIpc) is 2.27. The fourth-order valence-electron chi connectivity index (χ4n) is 2.19. The highest BCUT2D eigenvalue weighted by atomic mass is 15.1. The molecule has 0 aliphatic carbocycles. The zero-order valence-corrected chi connectivity index (χ0v) is 12.1. The van der Waals surface area contributed by atoms with Crippen molar-refractivity contribution in [3.63, 3.8) is 0 Å². The van der Waals surface area contributed by atoms with Crippen LogP contribution in [0.3, 0.4) is 0 Å². The molecular formula is C14H32N2. The number of unbranched alkanes of at least 4 members (excludes halogenated alkanes) is 1. The molecule has 1 N–H and O–H groups in total. The van der Waals surface area contributed by atoms with Crippen molar-refractivity contribution in [3.05, 3.63) is 0 Å². The van der Waals surface area contributed by atoms with E-state index in [0.717, 1.165) is 6.54 Å². The number of hydrogen-bond acceptors (Lipinski definition) is 2. The second kappa shape index (κ2) is 10.1. The molecule has 0 rings (SSSR count). The van der Waals surface area contributed by atoms with Gasteiger partial charge in [0.25, 0.3) is 0 Å². The van der Waals surface area contributed by atoms with Gasteiger partial charge >= 0.3 is 0 Å². The summed E-state index contributed by atoms with van der Waals surface area (Å²) in [6, 6.07) is 1.35. The SMILES string of the molecule is CCCCN(CC)C(C)CC(C)NCCC. The summed E-state index contributed by atoms with van der Waals surface area (Å²) < 4.78 is 0. The first kappa shape index (κ1) is 15.9. The van der Waals surface area contributed by atoms with Gasteiger partial charge in [-0.3, -0.25) is 0 Å². The molecule has 2 nitrogen and oxygen atoms in total. The molecule has 0 amide bonds. The van der Waals surface area contributed by atoms with E-state index in [1.54, 1.807) is 0 Å². The Morgan fingerprint density at radius 3 is 2.25 bits per heavy atom. The highest BCUT2D eigenvalue weighted by molar-refractivity contribution is 4.72. The van der Waals surface area contributed by atoms with Gasteiger partial charge < -0.3 is 10.2 Å². The molecule has 0 aromatic rings. The maximum absolute atomic E-state index is 3.57. The monoisotopic (exact) mass is 228 g/mol. The molecule has 98 valence electrons. The van der Waals surface area contributed by atoms with Crippen molar-refractivity contribution >= 4 is 0 Å². The van der Waals surface area contributed by atoms with Crippen LogP contribution in [0, 0.1) is 0 Å². The molecule has 0 saturated heterocycles. The van der Waals surface area contributed by atoms with Gasteiger partial charge in [0.15, 0.2) is 0 Å². The summed E-state index contributed by atoms with van der Waals surface area (Å²) in [4.78, 5) is 2.60. The standard InChI is InChI=1S/C14H32N2/c1-6-9-11-16(8-3)14(5)12-13(4)15-10-7-2/h13-15H,6-12H2,1-5H3. The Labute approximate surface area is 103 Å². The van der Waals surface area contributed by atoms with E-state index in [2.05, 4.69) is 44.8 Å². The third-order valence-corrected chi connectivity index (χ3v) is 3.27. The summed E-state index contributed by atoms with van der Waals surface area (Å²) in [5.41, 5.74) is 0. The predicted octanol–water partition coefficient (Wildman–Crippen LogP) is 3.28. The van der Waals surface area contributed by atoms with Gasteiger partial charge in [-0.1, -0.05) is 27.2 Å². The van der Waals surface area contributed by atoms with E-state index in [9.17, 15) is 0 Å². The molecule has 0 saturated carbocycles. The van der Waals surface area contributed by atoms with Gasteiger partial charge in [-0.15, -0.1) is 0 Å². The van der Waals surface area contributed by atoms with Crippen LogP contribution < -0.4 is 5.32 Å². The minimum atomic E-state index is 0.644. The largest absolute Gasteiger partial charge is 0.314 e. The van der Waals surface area contributed by atoms with Crippen LogP contribution in [-0.4, -0.2) is 36.6 Å². The van der Waals surface area contributed by atoms with Gasteiger partial charge in [0.05, 0.1) is 0 Å². The minimum absolute atomic E-state index is 0.644. The Hall–Kier alpha value is -0.0800. The molecular weight excluding hydrogens is 196 g/mol. The van der Waals surface area contributed by atoms with Crippen LogP contribution in [0.1, 0.15) is 60.3 Å². The van der Waals surface area contributed by atoms with Crippen LogP contribution in [0.25, 0.3) is 0 Å². The van der Waals surface area contributed by atoms with Gasteiger partial charge in [0, 0.05) is 12.1 Å². The predicted molar refractivity (Wildman–Crippen MR) is 74.0 cm³/mol. The normalized spacial score (nSPS) is 15.4. The smallest absolute Gasteiger partial charge is 0.00815 e. The molecule has 0 heterocycles. The van der Waals surface area contributed by atoms with Crippen molar-refractivity contribution in [3.8, 4) is 0 Å². The maximum Gasteiger partial charge on any atom is 0.00815 e. The Morgan fingerprint density at radius 2 is 1.75 bits per heavy atom. The Bertz CT molecular complexity index is 148. The van der Waals surface area contributed by atoms with Crippen molar-refractivity contribution in [2.24, 2.45) is 0 Å². The minimum Gasteiger partial charge on any atom is -0.314 e. The molecule has 0 radical (unpaired) electrons. The summed E-state index contributed by atoms with van der Waals surface area (Å²) in [5.74, 6) is 0. The van der Waals surface area contributed by atoms with Gasteiger partial charge in [-0.2, -0.15) is 0 Å². The zero-order valence-electron chi connectivity index (χ0n) is 12.1. The lowest BCUT2D eigenvalue weighted by Crippen LogP contribution is -2.39. The maximum atomic E-state index is 3.57. The van der Waals surface area contributed by atoms with Gasteiger partial charge in [-0.25, -0.2) is 0 Å². The summed E-state index contributed by atoms with van der Waals surface area (Å²) in [7, 11) is 0. The van der Waals surface area contributed by atoms with Crippen LogP contribution in [0.2, 0.25) is 0 Å². The summed E-state index contributed by atoms with van der Waals surface area (Å²) in [6.07, 6.45) is 5.12. The van der Waals surface area contributed by atoms with E-state index in [-0.39, 0.29) is 0 Å². The number of nitrogens with zero attached hydrogens (tertiary/aromatic N) is 1. The van der Waals surface area contributed by atoms with Crippen LogP contribution in [0.15, 0.2) is 0 Å². The van der Waals surface area contributed by atoms with Crippen molar-refractivity contribution in [2.45, 2.75) is 72.4 Å². The first-order valence-electron chi connectivity index (χ1n) is 7.13. The lowest BCUT2D eigenvalue weighted by atomic mass is 10.1. The van der Waals surface area contributed by atoms with Crippen molar-refractivity contribution in [1.29, 1.82) is 0 Å². The van der Waals surface area contributed by atoms with Crippen LogP contribution in [0.4, 0.5) is 0 Å². The van der Waals surface area contributed by atoms with Crippen LogP contribution >= 0.6 is 0 Å². The van der Waals surface area contributed by atoms with E-state index < -0.39 is 0 Å².